The number of anilines is 2. The molecular formula is C24H32ClN5O4. The summed E-state index contributed by atoms with van der Waals surface area (Å²) in [5.41, 5.74) is 1.07. The van der Waals surface area contributed by atoms with Crippen LogP contribution in [0.4, 0.5) is 16.3 Å². The number of benzene rings is 1. The SMILES string of the molecule is CN(C(=O)[C@H]1CCCO1)C1CCN(c2cnc3cc(Cl)c(NC(=O)OC(C)(C)C)cc3n2)CC1. The Labute approximate surface area is 204 Å². The molecule has 2 saturated heterocycles. The van der Waals surface area contributed by atoms with Gasteiger partial charge in [-0.05, 0) is 58.6 Å². The number of piperidine rings is 1. The number of nitrogens with zero attached hydrogens (tertiary/aromatic N) is 4. The van der Waals surface area contributed by atoms with Gasteiger partial charge in [-0.1, -0.05) is 11.6 Å². The van der Waals surface area contributed by atoms with Gasteiger partial charge in [-0.15, -0.1) is 0 Å². The predicted molar refractivity (Wildman–Crippen MR) is 131 cm³/mol. The van der Waals surface area contributed by atoms with Gasteiger partial charge in [0.05, 0.1) is 27.9 Å². The lowest BCUT2D eigenvalue weighted by atomic mass is 10.0. The molecule has 3 heterocycles. The summed E-state index contributed by atoms with van der Waals surface area (Å²) in [6, 6.07) is 3.57. The van der Waals surface area contributed by atoms with Gasteiger partial charge in [0.2, 0.25) is 0 Å². The van der Waals surface area contributed by atoms with Crippen LogP contribution in [0.25, 0.3) is 11.0 Å². The minimum Gasteiger partial charge on any atom is -0.444 e. The van der Waals surface area contributed by atoms with E-state index in [1.807, 2.05) is 11.9 Å². The Morgan fingerprint density at radius 2 is 1.94 bits per heavy atom. The van der Waals surface area contributed by atoms with Crippen molar-refractivity contribution < 1.29 is 19.1 Å². The predicted octanol–water partition coefficient (Wildman–Crippen LogP) is 4.24. The summed E-state index contributed by atoms with van der Waals surface area (Å²) < 4.78 is 10.9. The highest BCUT2D eigenvalue weighted by molar-refractivity contribution is 6.34. The standard InChI is InChI=1S/C24H32ClN5O4/c1-24(2,3)34-23(32)28-17-13-19-18(12-16(17)25)26-14-21(27-19)30-9-7-15(8-10-30)29(4)22(31)20-6-5-11-33-20/h12-15,20H,5-11H2,1-4H3,(H,28,32)/t20-/m1/s1. The van der Waals surface area contributed by atoms with Crippen molar-refractivity contribution in [1.82, 2.24) is 14.9 Å². The molecule has 1 aromatic carbocycles. The largest absolute Gasteiger partial charge is 0.444 e. The lowest BCUT2D eigenvalue weighted by Gasteiger charge is -2.37. The first-order valence-corrected chi connectivity index (χ1v) is 12.1. The average molecular weight is 490 g/mol. The topological polar surface area (TPSA) is 96.9 Å². The van der Waals surface area contributed by atoms with Crippen molar-refractivity contribution in [3.8, 4) is 0 Å². The highest BCUT2D eigenvalue weighted by Crippen LogP contribution is 2.29. The Balaban J connectivity index is 1.43. The number of aromatic nitrogens is 2. The van der Waals surface area contributed by atoms with E-state index in [9.17, 15) is 9.59 Å². The van der Waals surface area contributed by atoms with Crippen LogP contribution in [0.2, 0.25) is 5.02 Å². The smallest absolute Gasteiger partial charge is 0.412 e. The molecule has 2 aliphatic heterocycles. The van der Waals surface area contributed by atoms with Crippen LogP contribution in [0.3, 0.4) is 0 Å². The molecule has 10 heteroatoms. The minimum absolute atomic E-state index is 0.0864. The molecule has 1 N–H and O–H groups in total. The molecule has 1 aromatic heterocycles. The van der Waals surface area contributed by atoms with E-state index in [2.05, 4.69) is 15.2 Å². The van der Waals surface area contributed by atoms with Gasteiger partial charge in [0.1, 0.15) is 17.5 Å². The first kappa shape index (κ1) is 24.5. The molecule has 2 aliphatic rings. The quantitative estimate of drug-likeness (QED) is 0.686. The Bertz CT molecular complexity index is 1060. The van der Waals surface area contributed by atoms with Gasteiger partial charge in [-0.25, -0.2) is 9.78 Å². The summed E-state index contributed by atoms with van der Waals surface area (Å²) in [6.45, 7) is 7.60. The second-order valence-electron chi connectivity index (χ2n) is 9.84. The molecule has 2 fully saturated rings. The van der Waals surface area contributed by atoms with E-state index in [0.717, 1.165) is 44.6 Å². The molecule has 9 nitrogen and oxygen atoms in total. The van der Waals surface area contributed by atoms with E-state index in [4.69, 9.17) is 26.1 Å². The first-order chi connectivity index (χ1) is 16.1. The molecule has 0 bridgehead atoms. The van der Waals surface area contributed by atoms with Crippen molar-refractivity contribution in [2.45, 2.75) is 64.2 Å². The number of halogens is 1. The zero-order chi connectivity index (χ0) is 24.5. The summed E-state index contributed by atoms with van der Waals surface area (Å²) in [6.07, 6.45) is 4.32. The highest BCUT2D eigenvalue weighted by atomic mass is 35.5. The van der Waals surface area contributed by atoms with Crippen LogP contribution in [-0.2, 0) is 14.3 Å². The molecule has 0 radical (unpaired) electrons. The van der Waals surface area contributed by atoms with Crippen molar-refractivity contribution in [1.29, 1.82) is 0 Å². The van der Waals surface area contributed by atoms with Gasteiger partial charge in [0.25, 0.3) is 5.91 Å². The fraction of sp³-hybridized carbons (Fsp3) is 0.583. The van der Waals surface area contributed by atoms with Gasteiger partial charge >= 0.3 is 6.09 Å². The summed E-state index contributed by atoms with van der Waals surface area (Å²) in [5, 5.41) is 3.05. The molecule has 0 saturated carbocycles. The number of carbonyl (C=O) groups is 2. The summed E-state index contributed by atoms with van der Waals surface area (Å²) in [5.74, 6) is 0.841. The summed E-state index contributed by atoms with van der Waals surface area (Å²) in [4.78, 5) is 38.2. The number of fused-ring (bicyclic) bond motifs is 1. The number of likely N-dealkylation sites (N-methyl/N-ethyl adjacent to an activating group) is 1. The van der Waals surface area contributed by atoms with Crippen molar-refractivity contribution in [3.05, 3.63) is 23.4 Å². The van der Waals surface area contributed by atoms with Crippen LogP contribution >= 0.6 is 11.6 Å². The van der Waals surface area contributed by atoms with Crippen LogP contribution in [0.5, 0.6) is 0 Å². The number of hydrogen-bond donors (Lipinski definition) is 1. The van der Waals surface area contributed by atoms with Crippen LogP contribution in [0.1, 0.15) is 46.5 Å². The molecule has 1 atom stereocenters. The molecule has 2 amide bonds. The number of hydrogen-bond acceptors (Lipinski definition) is 7. The molecule has 34 heavy (non-hydrogen) atoms. The van der Waals surface area contributed by atoms with Crippen LogP contribution in [0, 0.1) is 0 Å². The van der Waals surface area contributed by atoms with E-state index in [-0.39, 0.29) is 18.1 Å². The lowest BCUT2D eigenvalue weighted by molar-refractivity contribution is -0.142. The van der Waals surface area contributed by atoms with E-state index in [0.29, 0.717) is 28.4 Å². The molecule has 0 unspecified atom stereocenters. The molecule has 0 spiro atoms. The van der Waals surface area contributed by atoms with Crippen molar-refractivity contribution in [3.63, 3.8) is 0 Å². The maximum atomic E-state index is 12.7. The van der Waals surface area contributed by atoms with Gasteiger partial charge in [0, 0.05) is 32.8 Å². The monoisotopic (exact) mass is 489 g/mol. The zero-order valence-corrected chi connectivity index (χ0v) is 20.9. The molecular weight excluding hydrogens is 458 g/mol. The summed E-state index contributed by atoms with van der Waals surface area (Å²) in [7, 11) is 1.88. The normalized spacial score (nSPS) is 19.3. The molecule has 2 aromatic rings. The molecule has 0 aliphatic carbocycles. The van der Waals surface area contributed by atoms with Gasteiger partial charge in [0.15, 0.2) is 0 Å². The highest BCUT2D eigenvalue weighted by Gasteiger charge is 2.32. The maximum Gasteiger partial charge on any atom is 0.412 e. The van der Waals surface area contributed by atoms with E-state index >= 15 is 0 Å². The molecule has 4 rings (SSSR count). The number of carbonyl (C=O) groups excluding carboxylic acids is 2. The van der Waals surface area contributed by atoms with Crippen LogP contribution in [0.15, 0.2) is 18.3 Å². The summed E-state index contributed by atoms with van der Waals surface area (Å²) >= 11 is 6.34. The minimum atomic E-state index is -0.616. The van der Waals surface area contributed by atoms with Gasteiger partial charge in [-0.2, -0.15) is 0 Å². The number of amides is 2. The first-order valence-electron chi connectivity index (χ1n) is 11.7. The van der Waals surface area contributed by atoms with E-state index in [1.165, 1.54) is 0 Å². The Morgan fingerprint density at radius 1 is 1.21 bits per heavy atom. The van der Waals surface area contributed by atoms with Crippen LogP contribution < -0.4 is 10.2 Å². The average Bonchev–Trinajstić information content (AvgIpc) is 3.32. The number of ether oxygens (including phenoxy) is 2. The fourth-order valence-electron chi connectivity index (χ4n) is 4.35. The van der Waals surface area contributed by atoms with Crippen molar-refractivity contribution in [2.24, 2.45) is 0 Å². The second kappa shape index (κ2) is 9.92. The number of nitrogens with one attached hydrogen (secondary N) is 1. The molecule has 184 valence electrons. The lowest BCUT2D eigenvalue weighted by Crippen LogP contribution is -2.48. The third-order valence-corrected chi connectivity index (χ3v) is 6.46. The zero-order valence-electron chi connectivity index (χ0n) is 20.1. The Hall–Kier alpha value is -2.65. The Kier molecular flexibility index (Phi) is 7.14. The number of rotatable bonds is 4. The fourth-order valence-corrected chi connectivity index (χ4v) is 4.55. The van der Waals surface area contributed by atoms with Gasteiger partial charge in [-0.3, -0.25) is 15.1 Å². The third kappa shape index (κ3) is 5.70. The maximum absolute atomic E-state index is 12.7. The van der Waals surface area contributed by atoms with Gasteiger partial charge < -0.3 is 19.3 Å². The van der Waals surface area contributed by atoms with E-state index < -0.39 is 11.7 Å². The second-order valence-corrected chi connectivity index (χ2v) is 10.3. The van der Waals surface area contributed by atoms with E-state index in [1.54, 1.807) is 39.1 Å². The van der Waals surface area contributed by atoms with Crippen LogP contribution in [-0.4, -0.2) is 71.4 Å². The van der Waals surface area contributed by atoms with Crippen molar-refractivity contribution in [2.75, 3.05) is 37.0 Å². The Morgan fingerprint density at radius 3 is 2.59 bits per heavy atom. The van der Waals surface area contributed by atoms with Crippen molar-refractivity contribution >= 4 is 46.1 Å². The third-order valence-electron chi connectivity index (χ3n) is 6.14.